The van der Waals surface area contributed by atoms with Gasteiger partial charge in [0.05, 0.1) is 32.0 Å². The van der Waals surface area contributed by atoms with E-state index in [2.05, 4.69) is 109 Å². The molecule has 422 valence electrons. The molecule has 0 saturated carbocycles. The number of carbonyl (C=O) groups is 1. The second-order valence-corrected chi connectivity index (χ2v) is 19.3. The molecule has 0 aromatic heterocycles. The van der Waals surface area contributed by atoms with Crippen molar-refractivity contribution in [1.82, 2.24) is 5.32 Å². The number of aliphatic hydroxyl groups excluding tert-OH is 8. The lowest BCUT2D eigenvalue weighted by molar-refractivity contribution is -0.359. The molecule has 14 heteroatoms. The molecule has 2 saturated heterocycles. The molecule has 2 aliphatic rings. The monoisotopic (exact) mass is 1040 g/mol. The van der Waals surface area contributed by atoms with Gasteiger partial charge in [0.15, 0.2) is 12.6 Å². The Morgan fingerprint density at radius 2 is 0.932 bits per heavy atom. The largest absolute Gasteiger partial charge is 0.394 e. The Morgan fingerprint density at radius 1 is 0.500 bits per heavy atom. The van der Waals surface area contributed by atoms with E-state index in [0.29, 0.717) is 12.8 Å². The second kappa shape index (κ2) is 44.7. The molecule has 74 heavy (non-hydrogen) atoms. The fourth-order valence-corrected chi connectivity index (χ4v) is 8.43. The Bertz CT molecular complexity index is 1650. The van der Waals surface area contributed by atoms with Gasteiger partial charge in [-0.3, -0.25) is 4.79 Å². The number of rotatable bonds is 42. The maximum atomic E-state index is 13.0. The van der Waals surface area contributed by atoms with Crippen LogP contribution in [0.4, 0.5) is 0 Å². The van der Waals surface area contributed by atoms with Gasteiger partial charge < -0.3 is 65.1 Å². The van der Waals surface area contributed by atoms with Crippen molar-refractivity contribution >= 4 is 5.91 Å². The minimum Gasteiger partial charge on any atom is -0.394 e. The highest BCUT2D eigenvalue weighted by Crippen LogP contribution is 2.30. The van der Waals surface area contributed by atoms with Crippen LogP contribution in [0.1, 0.15) is 168 Å². The van der Waals surface area contributed by atoms with E-state index in [1.165, 1.54) is 51.4 Å². The first-order chi connectivity index (χ1) is 36.1. The SMILES string of the molecule is CC/C=C\C/C=C\C/C=C\C/C=C\C/C=C\C/C=C\C/C=C\C/C=C\CCCCCCCCCCCCCCC(=O)NC(COC1OC(CO)C(OC2OC(CO)C(O)C(O)C2O)C(O)C1O)C(O)/C=C/CCC. The number of unbranched alkanes of at least 4 members (excludes halogenated alkanes) is 13. The highest BCUT2D eigenvalue weighted by atomic mass is 16.7. The van der Waals surface area contributed by atoms with Crippen LogP contribution in [-0.4, -0.2) is 140 Å². The van der Waals surface area contributed by atoms with Crippen LogP contribution in [0, 0.1) is 0 Å². The first-order valence-electron chi connectivity index (χ1n) is 28.1. The van der Waals surface area contributed by atoms with Crippen LogP contribution in [-0.2, 0) is 23.7 Å². The van der Waals surface area contributed by atoms with E-state index in [-0.39, 0.29) is 18.9 Å². The number of amides is 1. The molecule has 12 unspecified atom stereocenters. The Labute approximate surface area is 445 Å². The summed E-state index contributed by atoms with van der Waals surface area (Å²) < 4.78 is 22.5. The van der Waals surface area contributed by atoms with Crippen LogP contribution in [0.3, 0.4) is 0 Å². The summed E-state index contributed by atoms with van der Waals surface area (Å²) in [6.07, 6.45) is 47.0. The number of hydrogen-bond donors (Lipinski definition) is 9. The Balaban J connectivity index is 1.51. The van der Waals surface area contributed by atoms with Crippen molar-refractivity contribution in [3.05, 3.63) is 109 Å². The van der Waals surface area contributed by atoms with E-state index in [4.69, 9.17) is 18.9 Å². The molecule has 2 rings (SSSR count). The molecule has 1 amide bonds. The predicted molar refractivity (Wildman–Crippen MR) is 295 cm³/mol. The quantitative estimate of drug-likeness (QED) is 0.0206. The van der Waals surface area contributed by atoms with E-state index >= 15 is 0 Å². The van der Waals surface area contributed by atoms with Gasteiger partial charge in [-0.15, -0.1) is 0 Å². The van der Waals surface area contributed by atoms with Crippen molar-refractivity contribution in [2.24, 2.45) is 0 Å². The molecule has 0 aromatic rings. The topological polar surface area (TPSA) is 228 Å². The summed E-state index contributed by atoms with van der Waals surface area (Å²) in [5.74, 6) is -0.260. The fourth-order valence-electron chi connectivity index (χ4n) is 8.43. The maximum Gasteiger partial charge on any atom is 0.220 e. The average Bonchev–Trinajstić information content (AvgIpc) is 3.40. The third-order valence-electron chi connectivity index (χ3n) is 12.9. The van der Waals surface area contributed by atoms with E-state index < -0.39 is 86.8 Å². The lowest BCUT2D eigenvalue weighted by atomic mass is 9.97. The van der Waals surface area contributed by atoms with Crippen LogP contribution in [0.15, 0.2) is 109 Å². The van der Waals surface area contributed by atoms with Crippen LogP contribution in [0.5, 0.6) is 0 Å². The summed E-state index contributed by atoms with van der Waals surface area (Å²) in [4.78, 5) is 13.0. The number of carbonyl (C=O) groups excluding carboxylic acids is 1. The summed E-state index contributed by atoms with van der Waals surface area (Å²) >= 11 is 0. The molecular weight excluding hydrogens is 943 g/mol. The Morgan fingerprint density at radius 3 is 1.41 bits per heavy atom. The molecule has 2 fully saturated rings. The van der Waals surface area contributed by atoms with Gasteiger partial charge in [-0.05, 0) is 77.0 Å². The number of hydrogen-bond acceptors (Lipinski definition) is 13. The number of aliphatic hydroxyl groups is 8. The van der Waals surface area contributed by atoms with Gasteiger partial charge in [-0.2, -0.15) is 0 Å². The molecule has 0 radical (unpaired) electrons. The minimum absolute atomic E-state index is 0.260. The summed E-state index contributed by atoms with van der Waals surface area (Å²) in [5, 5.41) is 85.9. The molecule has 0 bridgehead atoms. The van der Waals surface area contributed by atoms with Crippen molar-refractivity contribution in [2.75, 3.05) is 19.8 Å². The van der Waals surface area contributed by atoms with Crippen molar-refractivity contribution in [1.29, 1.82) is 0 Å². The van der Waals surface area contributed by atoms with Gasteiger partial charge in [0.2, 0.25) is 5.91 Å². The summed E-state index contributed by atoms with van der Waals surface area (Å²) in [5.41, 5.74) is 0. The molecule has 2 heterocycles. The van der Waals surface area contributed by atoms with Crippen molar-refractivity contribution < 1.29 is 64.6 Å². The average molecular weight is 1040 g/mol. The minimum atomic E-state index is -1.79. The van der Waals surface area contributed by atoms with E-state index in [1.807, 2.05) is 6.92 Å². The van der Waals surface area contributed by atoms with Crippen molar-refractivity contribution in [3.63, 3.8) is 0 Å². The van der Waals surface area contributed by atoms with E-state index in [1.54, 1.807) is 12.2 Å². The zero-order chi connectivity index (χ0) is 53.9. The third kappa shape index (κ3) is 30.4. The Kier molecular flexibility index (Phi) is 40.4. The normalized spacial score (nSPS) is 26.1. The smallest absolute Gasteiger partial charge is 0.220 e. The van der Waals surface area contributed by atoms with Crippen molar-refractivity contribution in [2.45, 2.75) is 242 Å². The zero-order valence-electron chi connectivity index (χ0n) is 45.0. The highest BCUT2D eigenvalue weighted by Gasteiger charge is 2.51. The lowest BCUT2D eigenvalue weighted by Gasteiger charge is -2.46. The van der Waals surface area contributed by atoms with Crippen LogP contribution in [0.2, 0.25) is 0 Å². The molecule has 9 N–H and O–H groups in total. The van der Waals surface area contributed by atoms with Gasteiger partial charge in [0.1, 0.15) is 48.8 Å². The second-order valence-electron chi connectivity index (χ2n) is 19.3. The predicted octanol–water partition coefficient (Wildman–Crippen LogP) is 8.88. The highest BCUT2D eigenvalue weighted by molar-refractivity contribution is 5.76. The van der Waals surface area contributed by atoms with Crippen molar-refractivity contribution in [3.8, 4) is 0 Å². The molecule has 0 spiro atoms. The number of nitrogens with one attached hydrogen (secondary N) is 1. The fraction of sp³-hybridized carbons (Fsp3) is 0.683. The molecule has 14 nitrogen and oxygen atoms in total. The van der Waals surface area contributed by atoms with Gasteiger partial charge in [0, 0.05) is 6.42 Å². The first-order valence-corrected chi connectivity index (χ1v) is 28.1. The molecule has 0 aliphatic carbocycles. The first kappa shape index (κ1) is 66.8. The summed E-state index contributed by atoms with van der Waals surface area (Å²) in [7, 11) is 0. The molecule has 2 aliphatic heterocycles. The van der Waals surface area contributed by atoms with Gasteiger partial charge in [-0.1, -0.05) is 194 Å². The van der Waals surface area contributed by atoms with Gasteiger partial charge >= 0.3 is 0 Å². The third-order valence-corrected chi connectivity index (χ3v) is 12.9. The Hall–Kier alpha value is -3.35. The number of ether oxygens (including phenoxy) is 4. The van der Waals surface area contributed by atoms with Crippen LogP contribution < -0.4 is 5.32 Å². The van der Waals surface area contributed by atoms with E-state index in [9.17, 15) is 45.6 Å². The summed E-state index contributed by atoms with van der Waals surface area (Å²) in [6.45, 7) is 2.42. The van der Waals surface area contributed by atoms with Gasteiger partial charge in [0.25, 0.3) is 0 Å². The molecular formula is C60H99NO13. The van der Waals surface area contributed by atoms with Crippen LogP contribution in [0.25, 0.3) is 0 Å². The summed E-state index contributed by atoms with van der Waals surface area (Å²) in [6, 6.07) is -0.917. The lowest BCUT2D eigenvalue weighted by Crippen LogP contribution is -2.65. The number of allylic oxidation sites excluding steroid dienone is 17. The van der Waals surface area contributed by atoms with Crippen LogP contribution >= 0.6 is 0 Å². The standard InChI is InChI=1S/C60H99NO13/c1-3-5-7-8-9-10-11-12-13-14-15-16-17-18-19-20-21-22-23-24-25-26-27-28-29-30-31-32-33-34-35-36-37-38-39-40-42-44-52(65)61-48(49(64)43-41-6-4-2)47-71-59-57(70)55(68)58(51(46-63)73-59)74-60-56(69)54(67)53(66)50(45-62)72-60/h5,7,9-10,12-13,15-16,18-19,21-22,24-25,27-28,41,43,48-51,53-60,62-64,66-70H,3-4,6,8,11,14,17,20,23,26,29-40,42,44-47H2,1-2H3,(H,61,65)/b7-5-,10-9-,13-12-,16-15-,19-18-,22-21-,25-24-,28-27-,43-41+. The van der Waals surface area contributed by atoms with E-state index in [0.717, 1.165) is 83.5 Å². The maximum absolute atomic E-state index is 13.0. The molecule has 12 atom stereocenters. The molecule has 0 aromatic carbocycles. The zero-order valence-corrected chi connectivity index (χ0v) is 45.0. The van der Waals surface area contributed by atoms with Gasteiger partial charge in [-0.25, -0.2) is 0 Å².